The Morgan fingerprint density at radius 2 is 0.571 bits per heavy atom. The Morgan fingerprint density at radius 3 is 0.893 bits per heavy atom. The van der Waals surface area contributed by atoms with E-state index in [0.29, 0.717) is 0 Å². The van der Waals surface area contributed by atoms with Gasteiger partial charge in [0.05, 0.1) is 85.2 Å². The van der Waals surface area contributed by atoms with Gasteiger partial charge < -0.3 is 46.4 Å². The zero-order valence-electron chi connectivity index (χ0n) is 62.5. The van der Waals surface area contributed by atoms with Crippen LogP contribution in [0.5, 0.6) is 0 Å². The van der Waals surface area contributed by atoms with E-state index in [1.165, 1.54) is 109 Å². The number of halogens is 2. The number of aryl methyl sites for hydroxylation is 3. The molecule has 0 fully saturated rings. The Morgan fingerprint density at radius 1 is 0.277 bits per heavy atom. The lowest BCUT2D eigenvalue weighted by Gasteiger charge is -2.40. The normalized spacial score (nSPS) is 11.8. The number of anilines is 15. The van der Waals surface area contributed by atoms with Gasteiger partial charge in [-0.3, -0.25) is 15.0 Å². The number of pyridine rings is 6. The largest absolute Gasteiger partial charge is 1.00 e. The van der Waals surface area contributed by atoms with Crippen LogP contribution in [0, 0.1) is 0 Å². The summed E-state index contributed by atoms with van der Waals surface area (Å²) in [5.74, 6) is 0. The second-order valence-electron chi connectivity index (χ2n) is 27.2. The predicted octanol–water partition coefficient (Wildman–Crippen LogP) is 20.9. The molecule has 0 atom stereocenters. The molecule has 0 N–H and O–H groups in total. The first-order valence-electron chi connectivity index (χ1n) is 38.2. The molecule has 0 saturated carbocycles. The molecule has 0 aliphatic carbocycles. The first-order valence-corrected chi connectivity index (χ1v) is 39.3. The molecule has 112 heavy (non-hydrogen) atoms. The van der Waals surface area contributed by atoms with Crippen molar-refractivity contribution in [2.75, 3.05) is 54.4 Å². The molecule has 3 aliphatic heterocycles. The van der Waals surface area contributed by atoms with Gasteiger partial charge in [0.2, 0.25) is 5.69 Å². The molecule has 9 aromatic carbocycles. The van der Waals surface area contributed by atoms with Crippen molar-refractivity contribution in [3.05, 3.63) is 383 Å². The SMILES string of the molecule is BrCCCCN1c2ccccc2N(c2ccccc2)c2ccccc21.C.C[n+]1ccccc1-c1cc[n+](CCCCN2c3ccccc3N(c3ccccc3)c3ccccc32)cc1.[Br-].c1ccc(-c2ccncc2)nc1.c1ccc(N2c3ccccc3N(CCCC[n+]3ccc(-c4ccccn4)cc3)c3ccccc32)cc1. The molecule has 18 rings (SSSR count). The fraction of sp³-hybridized carbons (Fsp3) is 0.143. The monoisotopic (exact) mass is 1600 g/mol. The van der Waals surface area contributed by atoms with E-state index in [-0.39, 0.29) is 24.4 Å². The van der Waals surface area contributed by atoms with Crippen LogP contribution in [0.1, 0.15) is 46.0 Å². The summed E-state index contributed by atoms with van der Waals surface area (Å²) in [5.41, 5.74) is 25.3. The van der Waals surface area contributed by atoms with Crippen molar-refractivity contribution in [3.8, 4) is 33.8 Å². The maximum absolute atomic E-state index is 4.45. The first-order chi connectivity index (χ1) is 54.5. The third-order valence-electron chi connectivity index (χ3n) is 20.1. The van der Waals surface area contributed by atoms with Crippen LogP contribution >= 0.6 is 15.9 Å². The quantitative estimate of drug-likeness (QED) is 0.0422. The van der Waals surface area contributed by atoms with Crippen molar-refractivity contribution in [1.82, 2.24) is 15.0 Å². The second kappa shape index (κ2) is 38.8. The lowest BCUT2D eigenvalue weighted by atomic mass is 10.1. The fourth-order valence-corrected chi connectivity index (χ4v) is 15.2. The molecule has 0 amide bonds. The summed E-state index contributed by atoms with van der Waals surface area (Å²) < 4.78 is 6.72. The van der Waals surface area contributed by atoms with E-state index < -0.39 is 0 Å². The van der Waals surface area contributed by atoms with Gasteiger partial charge in [0.1, 0.15) is 20.1 Å². The summed E-state index contributed by atoms with van der Waals surface area (Å²) in [7, 11) is 2.09. The number of aromatic nitrogens is 6. The molecule has 0 unspecified atom stereocenters. The Kier molecular flexibility index (Phi) is 27.0. The van der Waals surface area contributed by atoms with Crippen LogP contribution in [0.15, 0.2) is 383 Å². The highest BCUT2D eigenvalue weighted by Gasteiger charge is 2.32. The number of nitrogens with zero attached hydrogens (tertiary/aromatic N) is 12. The van der Waals surface area contributed by atoms with Gasteiger partial charge in [0.25, 0.3) is 0 Å². The molecule has 558 valence electrons. The summed E-state index contributed by atoms with van der Waals surface area (Å²) in [5, 5.41) is 1.06. The van der Waals surface area contributed by atoms with Gasteiger partial charge in [-0.05, 0) is 177 Å². The number of benzene rings is 9. The van der Waals surface area contributed by atoms with Crippen LogP contribution in [-0.4, -0.2) is 39.9 Å². The highest BCUT2D eigenvalue weighted by molar-refractivity contribution is 9.09. The van der Waals surface area contributed by atoms with E-state index in [9.17, 15) is 0 Å². The lowest BCUT2D eigenvalue weighted by Crippen LogP contribution is -3.00. The molecule has 3 aliphatic rings. The molecule has 14 heteroatoms. The molecule has 0 bridgehead atoms. The molecule has 12 nitrogen and oxygen atoms in total. The van der Waals surface area contributed by atoms with Crippen molar-refractivity contribution in [2.45, 2.75) is 59.0 Å². The predicted molar refractivity (Wildman–Crippen MR) is 463 cm³/mol. The number of alkyl halides is 1. The van der Waals surface area contributed by atoms with E-state index in [2.05, 4.69) is 391 Å². The zero-order chi connectivity index (χ0) is 74.5. The van der Waals surface area contributed by atoms with Gasteiger partial charge in [-0.25, -0.2) is 13.7 Å². The average molecular weight is 1600 g/mol. The second-order valence-corrected chi connectivity index (χ2v) is 28.0. The van der Waals surface area contributed by atoms with Crippen molar-refractivity contribution in [2.24, 2.45) is 7.05 Å². The van der Waals surface area contributed by atoms with E-state index in [1.807, 2.05) is 54.7 Å². The maximum atomic E-state index is 4.45. The number of hydrogen-bond donors (Lipinski definition) is 0. The maximum Gasteiger partial charge on any atom is 0.212 e. The topological polar surface area (TPSA) is 69.8 Å². The van der Waals surface area contributed by atoms with Gasteiger partial charge in [-0.1, -0.05) is 163 Å². The van der Waals surface area contributed by atoms with Gasteiger partial charge in [0, 0.05) is 127 Å². The van der Waals surface area contributed by atoms with Gasteiger partial charge in [0.15, 0.2) is 31.0 Å². The van der Waals surface area contributed by atoms with Crippen LogP contribution in [0.2, 0.25) is 0 Å². The summed E-state index contributed by atoms with van der Waals surface area (Å²) in [6.07, 6.45) is 24.8. The summed E-state index contributed by atoms with van der Waals surface area (Å²) in [6, 6.07) is 115. The Hall–Kier alpha value is -12.4. The zero-order valence-corrected chi connectivity index (χ0v) is 65.7. The molecule has 6 aromatic heterocycles. The van der Waals surface area contributed by atoms with E-state index in [0.717, 1.165) is 86.3 Å². The van der Waals surface area contributed by atoms with Crippen molar-refractivity contribution in [3.63, 3.8) is 0 Å². The van der Waals surface area contributed by atoms with Crippen molar-refractivity contribution >= 4 is 101 Å². The van der Waals surface area contributed by atoms with Crippen molar-refractivity contribution in [1.29, 1.82) is 0 Å². The van der Waals surface area contributed by atoms with E-state index in [1.54, 1.807) is 18.6 Å². The highest BCUT2D eigenvalue weighted by atomic mass is 79.9. The molecule has 0 saturated heterocycles. The molecule has 0 spiro atoms. The minimum atomic E-state index is 0. The molecular formula is C98H94Br2N12+2. The third-order valence-corrected chi connectivity index (χ3v) is 20.7. The van der Waals surface area contributed by atoms with Crippen LogP contribution in [0.25, 0.3) is 33.8 Å². The summed E-state index contributed by atoms with van der Waals surface area (Å²) in [4.78, 5) is 27.2. The first kappa shape index (κ1) is 77.8. The Labute approximate surface area is 679 Å². The van der Waals surface area contributed by atoms with Crippen LogP contribution in [0.4, 0.5) is 85.3 Å². The third kappa shape index (κ3) is 18.2. The number of fused-ring (bicyclic) bond motifs is 6. The fourth-order valence-electron chi connectivity index (χ4n) is 14.8. The van der Waals surface area contributed by atoms with Crippen LogP contribution in [-0.2, 0) is 20.1 Å². The molecule has 15 aromatic rings. The lowest BCUT2D eigenvalue weighted by molar-refractivity contribution is -0.697. The smallest absolute Gasteiger partial charge is 0.212 e. The standard InChI is InChI=1S/C33H32N4.C32H29N4.C22H21BrN2.C10H8N2.CH4.BrH/c1-34-22-10-9-15-29(34)27-20-25-35(26-21-27)23-11-12-24-36-30-16-5-7-18-32(30)37(28-13-3-2-4-14-28)33-19-8-6-17-31(33)36;1-2-12-27(13-3-1)36-31-17-6-4-15-29(31)35(30-16-5-7-18-32(30)36)23-11-10-22-34-24-19-26(20-25-34)28-14-8-9-21-33-28;23-16-8-9-17-24-19-12-4-6-14-21(19)25(18-10-2-1-3-11-18)22-15-7-5-13-20(22)24;1-2-6-12-10(3-1)9-4-7-11-8-5-9;;/h2-10,13-22,25-26H,11-12,23-24H2,1H3;1-9,12-21,24-25H,10-11,22-23H2;1-7,10-15H,8-9,16-17H2;1-8H;1H4;1H/q+2;+1;;;;/p-1. The number of rotatable bonds is 20. The summed E-state index contributed by atoms with van der Waals surface area (Å²) in [6.45, 7) is 4.99. The van der Waals surface area contributed by atoms with E-state index in [4.69, 9.17) is 0 Å². The minimum Gasteiger partial charge on any atom is -1.00 e. The molecule has 9 heterocycles. The van der Waals surface area contributed by atoms with Gasteiger partial charge in [-0.2, -0.15) is 0 Å². The van der Waals surface area contributed by atoms with Gasteiger partial charge in [-0.15, -0.1) is 0 Å². The summed E-state index contributed by atoms with van der Waals surface area (Å²) >= 11 is 3.55. The van der Waals surface area contributed by atoms with Crippen molar-refractivity contribution < 1.29 is 30.7 Å². The molecule has 0 radical (unpaired) electrons. The minimum absolute atomic E-state index is 0. The number of hydrogen-bond acceptors (Lipinski definition) is 9. The Bertz CT molecular complexity index is 5220. The molecular weight excluding hydrogens is 1500 g/mol. The Balaban J connectivity index is 0.000000137. The van der Waals surface area contributed by atoms with Crippen LogP contribution in [0.3, 0.4) is 0 Å². The average Bonchev–Trinajstić information content (AvgIpc) is 0.757. The highest BCUT2D eigenvalue weighted by Crippen LogP contribution is 2.54. The number of unbranched alkanes of at least 4 members (excludes halogenated alkanes) is 3. The van der Waals surface area contributed by atoms with Gasteiger partial charge >= 0.3 is 0 Å². The van der Waals surface area contributed by atoms with Crippen LogP contribution < -0.4 is 60.1 Å². The van der Waals surface area contributed by atoms with E-state index >= 15 is 0 Å². The number of para-hydroxylation sites is 15.